The van der Waals surface area contributed by atoms with Gasteiger partial charge in [0.1, 0.15) is 0 Å². The summed E-state index contributed by atoms with van der Waals surface area (Å²) in [6.45, 7) is 2.28. The zero-order valence-electron chi connectivity index (χ0n) is 10.8. The molecule has 2 nitrogen and oxygen atoms in total. The number of benzene rings is 1. The second-order valence-electron chi connectivity index (χ2n) is 4.64. The van der Waals surface area contributed by atoms with Gasteiger partial charge in [0.15, 0.2) is 0 Å². The quantitative estimate of drug-likeness (QED) is 0.626. The Morgan fingerprint density at radius 3 is 2.83 bits per heavy atom. The number of hydrogen-bond donors (Lipinski definition) is 0. The van der Waals surface area contributed by atoms with E-state index in [9.17, 15) is 4.79 Å². The average Bonchev–Trinajstić information content (AvgIpc) is 2.39. The third-order valence-electron chi connectivity index (χ3n) is 3.43. The third kappa shape index (κ3) is 2.94. The van der Waals surface area contributed by atoms with Crippen molar-refractivity contribution in [2.24, 2.45) is 0 Å². The molecule has 0 spiro atoms. The van der Waals surface area contributed by atoms with Crippen LogP contribution in [0.3, 0.4) is 0 Å². The van der Waals surface area contributed by atoms with Crippen LogP contribution in [-0.4, -0.2) is 17.9 Å². The minimum Gasteiger partial charge on any atom is -0.462 e. The smallest absolute Gasteiger partial charge is 0.338 e. The molecule has 1 aliphatic rings. The molecule has 0 heterocycles. The fraction of sp³-hybridized carbons (Fsp3) is 0.533. The molecule has 0 fully saturated rings. The van der Waals surface area contributed by atoms with Crippen molar-refractivity contribution in [2.45, 2.75) is 39.0 Å². The first kappa shape index (κ1) is 13.6. The maximum absolute atomic E-state index is 11.9. The lowest BCUT2D eigenvalue weighted by atomic mass is 9.86. The van der Waals surface area contributed by atoms with Crippen LogP contribution in [0.1, 0.15) is 46.8 Å². The van der Waals surface area contributed by atoms with E-state index in [4.69, 9.17) is 4.74 Å². The molecule has 0 saturated carbocycles. The van der Waals surface area contributed by atoms with Crippen molar-refractivity contribution in [1.29, 1.82) is 0 Å². The highest BCUT2D eigenvalue weighted by Gasteiger charge is 2.17. The van der Waals surface area contributed by atoms with Gasteiger partial charge in [-0.2, -0.15) is 0 Å². The Balaban J connectivity index is 2.37. The lowest BCUT2D eigenvalue weighted by Crippen LogP contribution is -2.12. The molecule has 18 heavy (non-hydrogen) atoms. The van der Waals surface area contributed by atoms with Crippen LogP contribution < -0.4 is 0 Å². The second kappa shape index (κ2) is 6.37. The number of fused-ring (bicyclic) bond motifs is 1. The van der Waals surface area contributed by atoms with Gasteiger partial charge in [0.25, 0.3) is 0 Å². The minimum atomic E-state index is -0.193. The van der Waals surface area contributed by atoms with Gasteiger partial charge >= 0.3 is 5.97 Å². The lowest BCUT2D eigenvalue weighted by molar-refractivity contribution is 0.0526. The summed E-state index contributed by atoms with van der Waals surface area (Å²) in [5, 5.41) is 0.936. The zero-order chi connectivity index (χ0) is 13.0. The second-order valence-corrected chi connectivity index (χ2v) is 5.43. The van der Waals surface area contributed by atoms with Crippen molar-refractivity contribution in [3.63, 3.8) is 0 Å². The molecular weight excluding hydrogens is 292 g/mol. The molecule has 0 aromatic heterocycles. The molecule has 98 valence electrons. The first-order valence-electron chi connectivity index (χ1n) is 6.64. The van der Waals surface area contributed by atoms with E-state index in [2.05, 4.69) is 15.9 Å². The van der Waals surface area contributed by atoms with Gasteiger partial charge in [-0.25, -0.2) is 4.79 Å². The highest BCUT2D eigenvalue weighted by Crippen LogP contribution is 2.27. The Morgan fingerprint density at radius 2 is 2.11 bits per heavy atom. The van der Waals surface area contributed by atoms with E-state index in [1.165, 1.54) is 29.5 Å². The van der Waals surface area contributed by atoms with Gasteiger partial charge in [0.05, 0.1) is 12.2 Å². The van der Waals surface area contributed by atoms with Gasteiger partial charge in [0, 0.05) is 5.33 Å². The first-order valence-corrected chi connectivity index (χ1v) is 7.76. The summed E-state index contributed by atoms with van der Waals surface area (Å²) in [7, 11) is 0. The topological polar surface area (TPSA) is 26.3 Å². The highest BCUT2D eigenvalue weighted by atomic mass is 79.9. The van der Waals surface area contributed by atoms with E-state index >= 15 is 0 Å². The molecule has 1 aliphatic carbocycles. The van der Waals surface area contributed by atoms with Crippen molar-refractivity contribution in [2.75, 3.05) is 11.9 Å². The molecule has 0 unspecified atom stereocenters. The van der Waals surface area contributed by atoms with E-state index in [1.807, 2.05) is 19.1 Å². The standard InChI is InChI=1S/C15H19BrO2/c1-2-18-15(17)13-9-11-5-3-4-6-14(11)12(10-13)7-8-16/h9-10H,2-8H2,1H3. The zero-order valence-corrected chi connectivity index (χ0v) is 12.4. The molecule has 0 radical (unpaired) electrons. The van der Waals surface area contributed by atoms with Crippen LogP contribution in [-0.2, 0) is 24.0 Å². The summed E-state index contributed by atoms with van der Waals surface area (Å²) in [4.78, 5) is 11.9. The van der Waals surface area contributed by atoms with Crippen LogP contribution in [0, 0.1) is 0 Å². The fourth-order valence-electron chi connectivity index (χ4n) is 2.62. The summed E-state index contributed by atoms with van der Waals surface area (Å²) in [5.41, 5.74) is 4.84. The predicted octanol–water partition coefficient (Wildman–Crippen LogP) is 3.68. The summed E-state index contributed by atoms with van der Waals surface area (Å²) in [6, 6.07) is 4.05. The molecule has 1 aromatic carbocycles. The highest BCUT2D eigenvalue weighted by molar-refractivity contribution is 9.09. The SMILES string of the molecule is CCOC(=O)c1cc(CCBr)c2c(c1)CCCC2. The van der Waals surface area contributed by atoms with E-state index < -0.39 is 0 Å². The van der Waals surface area contributed by atoms with Gasteiger partial charge in [-0.1, -0.05) is 15.9 Å². The number of halogens is 1. The predicted molar refractivity (Wildman–Crippen MR) is 76.5 cm³/mol. The van der Waals surface area contributed by atoms with Crippen molar-refractivity contribution in [3.8, 4) is 0 Å². The maximum atomic E-state index is 11.9. The molecule has 0 saturated heterocycles. The number of carbonyl (C=O) groups excluding carboxylic acids is 1. The van der Waals surface area contributed by atoms with Gasteiger partial charge < -0.3 is 4.74 Å². The fourth-order valence-corrected chi connectivity index (χ4v) is 3.04. The number of alkyl halides is 1. The van der Waals surface area contributed by atoms with Crippen LogP contribution >= 0.6 is 15.9 Å². The van der Waals surface area contributed by atoms with Crippen LogP contribution in [0.2, 0.25) is 0 Å². The Hall–Kier alpha value is -0.830. The van der Waals surface area contributed by atoms with Crippen molar-refractivity contribution in [3.05, 3.63) is 34.4 Å². The van der Waals surface area contributed by atoms with Gasteiger partial charge in [-0.05, 0) is 67.9 Å². The van der Waals surface area contributed by atoms with Gasteiger partial charge in [-0.3, -0.25) is 0 Å². The Bertz CT molecular complexity index is 440. The number of carbonyl (C=O) groups is 1. The number of ether oxygens (including phenoxy) is 1. The monoisotopic (exact) mass is 310 g/mol. The van der Waals surface area contributed by atoms with Crippen molar-refractivity contribution in [1.82, 2.24) is 0 Å². The minimum absolute atomic E-state index is 0.193. The Labute approximate surface area is 117 Å². The Morgan fingerprint density at radius 1 is 1.33 bits per heavy atom. The molecule has 0 N–H and O–H groups in total. The van der Waals surface area contributed by atoms with Crippen molar-refractivity contribution < 1.29 is 9.53 Å². The summed E-state index contributed by atoms with van der Waals surface area (Å²) < 4.78 is 5.10. The molecule has 0 atom stereocenters. The molecule has 0 bridgehead atoms. The van der Waals surface area contributed by atoms with Crippen LogP contribution in [0.25, 0.3) is 0 Å². The normalized spacial score (nSPS) is 14.1. The summed E-state index contributed by atoms with van der Waals surface area (Å²) >= 11 is 3.49. The van der Waals surface area contributed by atoms with Crippen LogP contribution in [0.15, 0.2) is 12.1 Å². The molecule has 3 heteroatoms. The average molecular weight is 311 g/mol. The van der Waals surface area contributed by atoms with Crippen molar-refractivity contribution >= 4 is 21.9 Å². The van der Waals surface area contributed by atoms with Crippen LogP contribution in [0.4, 0.5) is 0 Å². The van der Waals surface area contributed by atoms with Gasteiger partial charge in [0.2, 0.25) is 0 Å². The summed E-state index contributed by atoms with van der Waals surface area (Å²) in [6.07, 6.45) is 5.72. The number of rotatable bonds is 4. The van der Waals surface area contributed by atoms with E-state index in [0.717, 1.165) is 24.6 Å². The van der Waals surface area contributed by atoms with Gasteiger partial charge in [-0.15, -0.1) is 0 Å². The first-order chi connectivity index (χ1) is 8.76. The number of hydrogen-bond acceptors (Lipinski definition) is 2. The number of aryl methyl sites for hydroxylation is 2. The van der Waals surface area contributed by atoms with E-state index in [-0.39, 0.29) is 5.97 Å². The third-order valence-corrected chi connectivity index (χ3v) is 3.83. The molecule has 0 aliphatic heterocycles. The lowest BCUT2D eigenvalue weighted by Gasteiger charge is -2.20. The largest absolute Gasteiger partial charge is 0.462 e. The van der Waals surface area contributed by atoms with Crippen LogP contribution in [0.5, 0.6) is 0 Å². The molecule has 1 aromatic rings. The maximum Gasteiger partial charge on any atom is 0.338 e. The summed E-state index contributed by atoms with van der Waals surface area (Å²) in [5.74, 6) is -0.193. The Kier molecular flexibility index (Phi) is 4.81. The number of esters is 1. The molecular formula is C15H19BrO2. The molecule has 2 rings (SSSR count). The van der Waals surface area contributed by atoms with E-state index in [1.54, 1.807) is 0 Å². The molecule has 0 amide bonds. The van der Waals surface area contributed by atoms with E-state index in [0.29, 0.717) is 12.2 Å².